The highest BCUT2D eigenvalue weighted by Gasteiger charge is 2.30. The topological polar surface area (TPSA) is 46.6 Å². The molecule has 0 aromatic heterocycles. The van der Waals surface area contributed by atoms with Gasteiger partial charge in [0.15, 0.2) is 0 Å². The van der Waals surface area contributed by atoms with E-state index in [2.05, 4.69) is 4.74 Å². The first-order valence-corrected chi connectivity index (χ1v) is 7.29. The Balaban J connectivity index is 2.68. The largest absolute Gasteiger partial charge is 0.465 e. The van der Waals surface area contributed by atoms with E-state index in [1.807, 2.05) is 0 Å². The molecule has 0 N–H and O–H groups in total. The Morgan fingerprint density at radius 1 is 1.08 bits per heavy atom. The van der Waals surface area contributed by atoms with Crippen LogP contribution in [0.15, 0.2) is 42.5 Å². The lowest BCUT2D eigenvalue weighted by molar-refractivity contribution is -0.137. The molecular weight excluding hydrogens is 335 g/mol. The predicted octanol–water partition coefficient (Wildman–Crippen LogP) is 4.14. The van der Waals surface area contributed by atoms with Crippen LogP contribution in [0.5, 0.6) is 0 Å². The summed E-state index contributed by atoms with van der Waals surface area (Å²) in [5.41, 5.74) is 0.315. The number of methoxy groups -OCH3 is 1. The van der Waals surface area contributed by atoms with Crippen LogP contribution >= 0.6 is 0 Å². The monoisotopic (exact) mass is 351 g/mol. The van der Waals surface area contributed by atoms with Gasteiger partial charge < -0.3 is 9.64 Å². The normalized spacial score (nSPS) is 11.1. The highest BCUT2D eigenvalue weighted by Crippen LogP contribution is 2.36. The summed E-state index contributed by atoms with van der Waals surface area (Å²) >= 11 is 0. The standard InChI is InChI=1S/C18H16F3NO3/c1-11(23)22(2)16-8-7-13(17(24)25-3)10-15(16)12-5-4-6-14(9-12)18(19,20)21/h4-10H,1-3H3. The van der Waals surface area contributed by atoms with E-state index in [1.165, 1.54) is 56.3 Å². The van der Waals surface area contributed by atoms with Gasteiger partial charge in [0.05, 0.1) is 23.9 Å². The first-order valence-electron chi connectivity index (χ1n) is 7.29. The molecule has 2 aromatic rings. The molecule has 2 rings (SSSR count). The Hall–Kier alpha value is -2.83. The molecule has 0 bridgehead atoms. The summed E-state index contributed by atoms with van der Waals surface area (Å²) < 4.78 is 43.6. The number of alkyl halides is 3. The number of amides is 1. The molecule has 0 atom stereocenters. The van der Waals surface area contributed by atoms with Crippen molar-refractivity contribution in [3.63, 3.8) is 0 Å². The molecule has 0 aliphatic heterocycles. The molecule has 4 nitrogen and oxygen atoms in total. The molecule has 132 valence electrons. The molecule has 7 heteroatoms. The minimum Gasteiger partial charge on any atom is -0.465 e. The number of halogens is 3. The molecule has 0 unspecified atom stereocenters. The Morgan fingerprint density at radius 3 is 2.32 bits per heavy atom. The highest BCUT2D eigenvalue weighted by atomic mass is 19.4. The zero-order valence-corrected chi connectivity index (χ0v) is 13.8. The third-order valence-electron chi connectivity index (χ3n) is 3.75. The summed E-state index contributed by atoms with van der Waals surface area (Å²) in [4.78, 5) is 24.7. The molecule has 0 aliphatic carbocycles. The van der Waals surface area contributed by atoms with Gasteiger partial charge in [-0.25, -0.2) is 4.79 Å². The van der Waals surface area contributed by atoms with Crippen LogP contribution in [-0.2, 0) is 15.7 Å². The first-order chi connectivity index (χ1) is 11.6. The molecule has 0 saturated carbocycles. The van der Waals surface area contributed by atoms with E-state index in [4.69, 9.17) is 0 Å². The zero-order valence-electron chi connectivity index (χ0n) is 13.8. The predicted molar refractivity (Wildman–Crippen MR) is 87.3 cm³/mol. The second-order valence-corrected chi connectivity index (χ2v) is 5.38. The van der Waals surface area contributed by atoms with Crippen LogP contribution in [0.4, 0.5) is 18.9 Å². The molecule has 1 amide bonds. The highest BCUT2D eigenvalue weighted by molar-refractivity contribution is 5.99. The van der Waals surface area contributed by atoms with Gasteiger partial charge in [-0.3, -0.25) is 4.79 Å². The quantitative estimate of drug-likeness (QED) is 0.781. The van der Waals surface area contributed by atoms with Crippen molar-refractivity contribution in [1.82, 2.24) is 0 Å². The second kappa shape index (κ2) is 6.96. The van der Waals surface area contributed by atoms with Gasteiger partial charge in [-0.15, -0.1) is 0 Å². The number of ether oxygens (including phenoxy) is 1. The molecule has 2 aromatic carbocycles. The van der Waals surface area contributed by atoms with E-state index in [1.54, 1.807) is 0 Å². The third kappa shape index (κ3) is 3.99. The third-order valence-corrected chi connectivity index (χ3v) is 3.75. The number of benzene rings is 2. The minimum absolute atomic E-state index is 0.176. The zero-order chi connectivity index (χ0) is 18.8. The summed E-state index contributed by atoms with van der Waals surface area (Å²) in [7, 11) is 2.72. The van der Waals surface area contributed by atoms with E-state index >= 15 is 0 Å². The summed E-state index contributed by atoms with van der Waals surface area (Å²) in [5, 5.41) is 0. The summed E-state index contributed by atoms with van der Waals surface area (Å²) in [5.74, 6) is -0.913. The van der Waals surface area contributed by atoms with Crippen LogP contribution in [0.1, 0.15) is 22.8 Å². The van der Waals surface area contributed by atoms with E-state index in [0.717, 1.165) is 12.1 Å². The van der Waals surface area contributed by atoms with Gasteiger partial charge in [-0.1, -0.05) is 12.1 Å². The number of carbonyl (C=O) groups is 2. The lowest BCUT2D eigenvalue weighted by Gasteiger charge is -2.20. The number of rotatable bonds is 3. The van der Waals surface area contributed by atoms with Gasteiger partial charge in [0.25, 0.3) is 0 Å². The van der Waals surface area contributed by atoms with Crippen molar-refractivity contribution in [3.8, 4) is 11.1 Å². The molecule has 0 heterocycles. The Morgan fingerprint density at radius 2 is 1.76 bits per heavy atom. The van der Waals surface area contributed by atoms with Crippen molar-refractivity contribution < 1.29 is 27.5 Å². The van der Waals surface area contributed by atoms with Crippen molar-refractivity contribution in [2.24, 2.45) is 0 Å². The molecular formula is C18H16F3NO3. The lowest BCUT2D eigenvalue weighted by atomic mass is 9.98. The summed E-state index contributed by atoms with van der Waals surface area (Å²) in [6, 6.07) is 9.08. The van der Waals surface area contributed by atoms with Crippen molar-refractivity contribution >= 4 is 17.6 Å². The van der Waals surface area contributed by atoms with Crippen LogP contribution in [-0.4, -0.2) is 26.0 Å². The van der Waals surface area contributed by atoms with Crippen molar-refractivity contribution in [1.29, 1.82) is 0 Å². The van der Waals surface area contributed by atoms with Gasteiger partial charge in [0.1, 0.15) is 0 Å². The summed E-state index contributed by atoms with van der Waals surface area (Å²) in [6.07, 6.45) is -4.50. The van der Waals surface area contributed by atoms with E-state index in [-0.39, 0.29) is 17.0 Å². The molecule has 0 spiro atoms. The Kier molecular flexibility index (Phi) is 5.15. The Labute approximate surface area is 142 Å². The first kappa shape index (κ1) is 18.5. The average Bonchev–Trinajstić information content (AvgIpc) is 2.59. The van der Waals surface area contributed by atoms with Crippen LogP contribution in [0.3, 0.4) is 0 Å². The average molecular weight is 351 g/mol. The lowest BCUT2D eigenvalue weighted by Crippen LogP contribution is -2.23. The maximum absolute atomic E-state index is 13.0. The summed E-state index contributed by atoms with van der Waals surface area (Å²) in [6.45, 7) is 1.34. The minimum atomic E-state index is -4.50. The van der Waals surface area contributed by atoms with E-state index in [9.17, 15) is 22.8 Å². The molecule has 0 fully saturated rings. The number of anilines is 1. The number of esters is 1. The molecule has 0 radical (unpaired) electrons. The molecule has 0 aliphatic rings. The van der Waals surface area contributed by atoms with Crippen molar-refractivity contribution in [3.05, 3.63) is 53.6 Å². The number of carbonyl (C=O) groups excluding carboxylic acids is 2. The van der Waals surface area contributed by atoms with Crippen molar-refractivity contribution in [2.45, 2.75) is 13.1 Å². The number of nitrogens with zero attached hydrogens (tertiary/aromatic N) is 1. The Bertz CT molecular complexity index is 815. The second-order valence-electron chi connectivity index (χ2n) is 5.38. The van der Waals surface area contributed by atoms with Gasteiger partial charge in [-0.2, -0.15) is 13.2 Å². The van der Waals surface area contributed by atoms with E-state index < -0.39 is 17.7 Å². The fourth-order valence-electron chi connectivity index (χ4n) is 2.34. The van der Waals surface area contributed by atoms with E-state index in [0.29, 0.717) is 11.3 Å². The van der Waals surface area contributed by atoms with Crippen LogP contribution < -0.4 is 4.90 Å². The SMILES string of the molecule is COC(=O)c1ccc(N(C)C(C)=O)c(-c2cccc(C(F)(F)F)c2)c1. The van der Waals surface area contributed by atoms with Gasteiger partial charge >= 0.3 is 12.1 Å². The van der Waals surface area contributed by atoms with Gasteiger partial charge in [-0.05, 0) is 35.9 Å². The maximum atomic E-state index is 13.0. The smallest absolute Gasteiger partial charge is 0.416 e. The number of hydrogen-bond acceptors (Lipinski definition) is 3. The molecule has 0 saturated heterocycles. The fraction of sp³-hybridized carbons (Fsp3) is 0.222. The molecule has 25 heavy (non-hydrogen) atoms. The fourth-order valence-corrected chi connectivity index (χ4v) is 2.34. The number of hydrogen-bond donors (Lipinski definition) is 0. The van der Waals surface area contributed by atoms with Crippen LogP contribution in [0.25, 0.3) is 11.1 Å². The van der Waals surface area contributed by atoms with Crippen LogP contribution in [0, 0.1) is 0 Å². The maximum Gasteiger partial charge on any atom is 0.416 e. The van der Waals surface area contributed by atoms with Crippen molar-refractivity contribution in [2.75, 3.05) is 19.1 Å². The van der Waals surface area contributed by atoms with Gasteiger partial charge in [0, 0.05) is 19.5 Å². The van der Waals surface area contributed by atoms with Gasteiger partial charge in [0.2, 0.25) is 5.91 Å². The van der Waals surface area contributed by atoms with Crippen LogP contribution in [0.2, 0.25) is 0 Å².